The van der Waals surface area contributed by atoms with Gasteiger partial charge in [0.05, 0.1) is 12.1 Å². The lowest BCUT2D eigenvalue weighted by Gasteiger charge is -1.95. The van der Waals surface area contributed by atoms with Crippen molar-refractivity contribution in [2.24, 2.45) is 0 Å². The molecule has 5 heteroatoms. The van der Waals surface area contributed by atoms with E-state index in [0.29, 0.717) is 6.29 Å². The first-order chi connectivity index (χ1) is 6.54. The van der Waals surface area contributed by atoms with Crippen molar-refractivity contribution < 1.29 is 19.5 Å². The maximum Gasteiger partial charge on any atom is 0.309 e. The SMILES string of the molecule is CC(=O)c1cc(C=O)[nH]c1CC(=O)O. The molecule has 74 valence electrons. The Morgan fingerprint density at radius 3 is 2.64 bits per heavy atom. The molecule has 0 aromatic carbocycles. The van der Waals surface area contributed by atoms with Crippen LogP contribution in [0.2, 0.25) is 0 Å². The van der Waals surface area contributed by atoms with Gasteiger partial charge in [-0.25, -0.2) is 0 Å². The van der Waals surface area contributed by atoms with Crippen molar-refractivity contribution in [1.29, 1.82) is 0 Å². The van der Waals surface area contributed by atoms with Gasteiger partial charge in [-0.15, -0.1) is 0 Å². The summed E-state index contributed by atoms with van der Waals surface area (Å²) in [6, 6.07) is 1.35. The van der Waals surface area contributed by atoms with Crippen molar-refractivity contribution in [3.63, 3.8) is 0 Å². The Balaban J connectivity index is 3.11. The number of hydrogen-bond acceptors (Lipinski definition) is 3. The van der Waals surface area contributed by atoms with Gasteiger partial charge >= 0.3 is 5.97 Å². The van der Waals surface area contributed by atoms with Gasteiger partial charge in [-0.3, -0.25) is 14.4 Å². The van der Waals surface area contributed by atoms with Crippen LogP contribution >= 0.6 is 0 Å². The maximum atomic E-state index is 11.0. The third kappa shape index (κ3) is 2.07. The Hall–Kier alpha value is -1.91. The molecule has 1 aromatic heterocycles. The van der Waals surface area contributed by atoms with Crippen molar-refractivity contribution in [2.45, 2.75) is 13.3 Å². The molecule has 5 nitrogen and oxygen atoms in total. The number of Topliss-reactive ketones (excluding diaryl/α,β-unsaturated/α-hetero) is 1. The lowest BCUT2D eigenvalue weighted by atomic mass is 10.1. The second-order valence-electron chi connectivity index (χ2n) is 2.86. The number of rotatable bonds is 4. The number of carbonyl (C=O) groups excluding carboxylic acids is 2. The van der Waals surface area contributed by atoms with Crippen molar-refractivity contribution >= 4 is 18.0 Å². The highest BCUT2D eigenvalue weighted by Crippen LogP contribution is 2.11. The number of ketones is 1. The molecule has 0 bridgehead atoms. The van der Waals surface area contributed by atoms with Gasteiger partial charge in [0.2, 0.25) is 0 Å². The fraction of sp³-hybridized carbons (Fsp3) is 0.222. The van der Waals surface area contributed by atoms with E-state index in [2.05, 4.69) is 4.98 Å². The second-order valence-corrected chi connectivity index (χ2v) is 2.86. The molecule has 0 aliphatic carbocycles. The topological polar surface area (TPSA) is 87.2 Å². The first-order valence-electron chi connectivity index (χ1n) is 3.94. The van der Waals surface area contributed by atoms with E-state index in [1.54, 1.807) is 0 Å². The summed E-state index contributed by atoms with van der Waals surface area (Å²) in [6.45, 7) is 1.32. The number of carbonyl (C=O) groups is 3. The molecule has 0 spiro atoms. The molecule has 0 unspecified atom stereocenters. The fourth-order valence-electron chi connectivity index (χ4n) is 1.19. The standard InChI is InChI=1S/C9H9NO4/c1-5(12)7-2-6(4-11)10-8(7)3-9(13)14/h2,4,10H,3H2,1H3,(H,13,14). The van der Waals surface area contributed by atoms with Crippen LogP contribution in [0.5, 0.6) is 0 Å². The number of nitrogens with one attached hydrogen (secondary N) is 1. The van der Waals surface area contributed by atoms with Gasteiger partial charge in [0.25, 0.3) is 0 Å². The Bertz CT molecular complexity index is 392. The zero-order chi connectivity index (χ0) is 10.7. The molecule has 0 aliphatic heterocycles. The molecule has 2 N–H and O–H groups in total. The van der Waals surface area contributed by atoms with Gasteiger partial charge in [-0.1, -0.05) is 0 Å². The maximum absolute atomic E-state index is 11.0. The molecule has 14 heavy (non-hydrogen) atoms. The molecule has 0 fully saturated rings. The highest BCUT2D eigenvalue weighted by Gasteiger charge is 2.13. The Morgan fingerprint density at radius 1 is 1.57 bits per heavy atom. The van der Waals surface area contributed by atoms with Crippen molar-refractivity contribution in [3.8, 4) is 0 Å². The van der Waals surface area contributed by atoms with Gasteiger partial charge in [-0.2, -0.15) is 0 Å². The zero-order valence-electron chi connectivity index (χ0n) is 7.53. The van der Waals surface area contributed by atoms with Crippen molar-refractivity contribution in [2.75, 3.05) is 0 Å². The third-order valence-corrected chi connectivity index (χ3v) is 1.75. The smallest absolute Gasteiger partial charge is 0.309 e. The van der Waals surface area contributed by atoms with E-state index in [9.17, 15) is 14.4 Å². The Kier molecular flexibility index (Phi) is 2.81. The van der Waals surface area contributed by atoms with Gasteiger partial charge in [0.1, 0.15) is 0 Å². The first kappa shape index (κ1) is 10.2. The van der Waals surface area contributed by atoms with Crippen molar-refractivity contribution in [1.82, 2.24) is 4.98 Å². The summed E-state index contributed by atoms with van der Waals surface area (Å²) in [5.74, 6) is -1.31. The largest absolute Gasteiger partial charge is 0.481 e. The van der Waals surface area contributed by atoms with Crippen LogP contribution in [0, 0.1) is 0 Å². The van der Waals surface area contributed by atoms with E-state index in [-0.39, 0.29) is 29.2 Å². The molecular formula is C9H9NO4. The lowest BCUT2D eigenvalue weighted by molar-refractivity contribution is -0.136. The molecule has 0 amide bonds. The lowest BCUT2D eigenvalue weighted by Crippen LogP contribution is -2.05. The number of aromatic amines is 1. The van der Waals surface area contributed by atoms with E-state index < -0.39 is 5.97 Å². The first-order valence-corrected chi connectivity index (χ1v) is 3.94. The van der Waals surface area contributed by atoms with E-state index in [4.69, 9.17) is 5.11 Å². The van der Waals surface area contributed by atoms with Crippen LogP contribution in [0.25, 0.3) is 0 Å². The molecule has 1 heterocycles. The van der Waals surface area contributed by atoms with E-state index in [1.165, 1.54) is 13.0 Å². The molecule has 0 saturated carbocycles. The quantitative estimate of drug-likeness (QED) is 0.545. The molecule has 1 rings (SSSR count). The van der Waals surface area contributed by atoms with E-state index in [1.807, 2.05) is 0 Å². The minimum absolute atomic E-state index is 0.214. The van der Waals surface area contributed by atoms with Gasteiger partial charge in [0.15, 0.2) is 12.1 Å². The van der Waals surface area contributed by atoms with E-state index >= 15 is 0 Å². The summed E-state index contributed by atoms with van der Waals surface area (Å²) in [4.78, 5) is 34.4. The summed E-state index contributed by atoms with van der Waals surface area (Å²) in [6.07, 6.45) is 0.251. The average molecular weight is 195 g/mol. The number of aliphatic carboxylic acids is 1. The van der Waals surface area contributed by atoms with Crippen LogP contribution in [0.15, 0.2) is 6.07 Å². The van der Waals surface area contributed by atoms with Crippen LogP contribution in [-0.4, -0.2) is 28.1 Å². The predicted octanol–water partition coefficient (Wildman–Crippen LogP) is 0.657. The van der Waals surface area contributed by atoms with E-state index in [0.717, 1.165) is 0 Å². The summed E-state index contributed by atoms with van der Waals surface area (Å²) < 4.78 is 0. The fourth-order valence-corrected chi connectivity index (χ4v) is 1.19. The summed E-state index contributed by atoms with van der Waals surface area (Å²) in [5.41, 5.74) is 0.744. The second kappa shape index (κ2) is 3.87. The summed E-state index contributed by atoms with van der Waals surface area (Å²) in [5, 5.41) is 8.54. The Labute approximate surface area is 79.7 Å². The highest BCUT2D eigenvalue weighted by atomic mass is 16.4. The van der Waals surface area contributed by atoms with Crippen molar-refractivity contribution in [3.05, 3.63) is 23.0 Å². The van der Waals surface area contributed by atoms with Crippen LogP contribution in [0.1, 0.15) is 33.5 Å². The molecule has 0 saturated heterocycles. The van der Waals surface area contributed by atoms with Crippen LogP contribution in [0.4, 0.5) is 0 Å². The molecule has 1 aromatic rings. The number of carboxylic acid groups (broad SMARTS) is 1. The molecular weight excluding hydrogens is 186 g/mol. The zero-order valence-corrected chi connectivity index (χ0v) is 7.53. The predicted molar refractivity (Wildman–Crippen MR) is 47.5 cm³/mol. The van der Waals surface area contributed by atoms with Crippen LogP contribution < -0.4 is 0 Å². The van der Waals surface area contributed by atoms with Gasteiger partial charge < -0.3 is 10.1 Å². The highest BCUT2D eigenvalue weighted by molar-refractivity contribution is 5.97. The third-order valence-electron chi connectivity index (χ3n) is 1.75. The number of aldehydes is 1. The average Bonchev–Trinajstić information content (AvgIpc) is 2.46. The Morgan fingerprint density at radius 2 is 2.21 bits per heavy atom. The number of aromatic nitrogens is 1. The molecule has 0 radical (unpaired) electrons. The van der Waals surface area contributed by atoms with Gasteiger partial charge in [-0.05, 0) is 13.0 Å². The molecule has 0 aliphatic rings. The molecule has 0 atom stereocenters. The number of carboxylic acids is 1. The normalized spacial score (nSPS) is 9.79. The monoisotopic (exact) mass is 195 g/mol. The minimum atomic E-state index is -1.05. The number of hydrogen-bond donors (Lipinski definition) is 2. The van der Waals surface area contributed by atoms with Gasteiger partial charge in [0, 0.05) is 11.3 Å². The minimum Gasteiger partial charge on any atom is -0.481 e. The van der Waals surface area contributed by atoms with Crippen LogP contribution in [-0.2, 0) is 11.2 Å². The summed E-state index contributed by atoms with van der Waals surface area (Å²) >= 11 is 0. The van der Waals surface area contributed by atoms with Crippen LogP contribution in [0.3, 0.4) is 0 Å². The number of H-pyrrole nitrogens is 1. The summed E-state index contributed by atoms with van der Waals surface area (Å²) in [7, 11) is 0.